The Bertz CT molecular complexity index is 605. The van der Waals surface area contributed by atoms with Crippen LogP contribution >= 0.6 is 11.3 Å². The first-order valence-corrected chi connectivity index (χ1v) is 8.04. The molecule has 0 spiro atoms. The number of fused-ring (bicyclic) bond motifs is 1. The standard InChI is InChI=1S/C17H20FNS/c1-11(10-13-7-6-12(2)20-13)19-17-9-8-14-15(17)4-3-5-16(14)18/h3-7,11,17,19H,8-10H2,1-2H3. The zero-order chi connectivity index (χ0) is 14.1. The highest BCUT2D eigenvalue weighted by Gasteiger charge is 2.25. The van der Waals surface area contributed by atoms with Crippen molar-refractivity contribution in [2.75, 3.05) is 0 Å². The van der Waals surface area contributed by atoms with Crippen molar-refractivity contribution in [1.29, 1.82) is 0 Å². The van der Waals surface area contributed by atoms with Crippen LogP contribution in [0.15, 0.2) is 30.3 Å². The molecule has 0 radical (unpaired) electrons. The average Bonchev–Trinajstić information content (AvgIpc) is 2.98. The number of thiophene rings is 1. The first kappa shape index (κ1) is 13.8. The van der Waals surface area contributed by atoms with E-state index in [4.69, 9.17) is 0 Å². The Morgan fingerprint density at radius 2 is 2.20 bits per heavy atom. The van der Waals surface area contributed by atoms with Gasteiger partial charge in [-0.3, -0.25) is 0 Å². The first-order chi connectivity index (χ1) is 9.63. The summed E-state index contributed by atoms with van der Waals surface area (Å²) in [7, 11) is 0. The minimum absolute atomic E-state index is 0.0478. The molecule has 1 heterocycles. The van der Waals surface area contributed by atoms with Crippen molar-refractivity contribution in [3.8, 4) is 0 Å². The van der Waals surface area contributed by atoms with Gasteiger partial charge in [0.1, 0.15) is 5.82 Å². The van der Waals surface area contributed by atoms with Crippen molar-refractivity contribution in [2.24, 2.45) is 0 Å². The van der Waals surface area contributed by atoms with Gasteiger partial charge in [-0.05, 0) is 62.4 Å². The monoisotopic (exact) mass is 289 g/mol. The summed E-state index contributed by atoms with van der Waals surface area (Å²) in [4.78, 5) is 2.78. The highest BCUT2D eigenvalue weighted by molar-refractivity contribution is 7.11. The summed E-state index contributed by atoms with van der Waals surface area (Å²) in [5.74, 6) is -0.0478. The van der Waals surface area contributed by atoms with Gasteiger partial charge in [-0.2, -0.15) is 0 Å². The Kier molecular flexibility index (Phi) is 3.90. The Hall–Kier alpha value is -1.19. The van der Waals surface area contributed by atoms with E-state index in [0.29, 0.717) is 12.1 Å². The van der Waals surface area contributed by atoms with Crippen LogP contribution in [0, 0.1) is 12.7 Å². The molecule has 0 amide bonds. The second kappa shape index (κ2) is 5.66. The molecule has 2 aromatic rings. The lowest BCUT2D eigenvalue weighted by Crippen LogP contribution is -2.30. The minimum Gasteiger partial charge on any atom is -0.307 e. The van der Waals surface area contributed by atoms with E-state index in [-0.39, 0.29) is 5.82 Å². The molecule has 106 valence electrons. The number of rotatable bonds is 4. The van der Waals surface area contributed by atoms with Crippen molar-refractivity contribution >= 4 is 11.3 Å². The maximum Gasteiger partial charge on any atom is 0.126 e. The van der Waals surface area contributed by atoms with E-state index in [9.17, 15) is 4.39 Å². The zero-order valence-electron chi connectivity index (χ0n) is 11.9. The highest BCUT2D eigenvalue weighted by Crippen LogP contribution is 2.33. The fourth-order valence-corrected chi connectivity index (χ4v) is 4.10. The van der Waals surface area contributed by atoms with Crippen LogP contribution in [0.25, 0.3) is 0 Å². The molecule has 20 heavy (non-hydrogen) atoms. The predicted molar refractivity (Wildman–Crippen MR) is 82.8 cm³/mol. The normalized spacial score (nSPS) is 19.1. The molecular formula is C17H20FNS. The molecule has 1 N–H and O–H groups in total. The van der Waals surface area contributed by atoms with Crippen LogP contribution in [0.5, 0.6) is 0 Å². The van der Waals surface area contributed by atoms with Crippen LogP contribution in [0.4, 0.5) is 4.39 Å². The summed E-state index contributed by atoms with van der Waals surface area (Å²) < 4.78 is 13.7. The summed E-state index contributed by atoms with van der Waals surface area (Å²) in [6.45, 7) is 4.36. The second-order valence-corrected chi connectivity index (χ2v) is 7.06. The molecule has 1 aromatic carbocycles. The number of hydrogen-bond donors (Lipinski definition) is 1. The molecule has 3 heteroatoms. The van der Waals surface area contributed by atoms with E-state index in [0.717, 1.165) is 30.4 Å². The third-order valence-corrected chi connectivity index (χ3v) is 5.03. The molecule has 0 saturated carbocycles. The lowest BCUT2D eigenvalue weighted by atomic mass is 10.1. The van der Waals surface area contributed by atoms with Crippen molar-refractivity contribution in [3.05, 3.63) is 57.0 Å². The summed E-state index contributed by atoms with van der Waals surface area (Å²) in [5, 5.41) is 3.66. The van der Waals surface area contributed by atoms with Gasteiger partial charge in [0.15, 0.2) is 0 Å². The number of halogens is 1. The smallest absolute Gasteiger partial charge is 0.126 e. The topological polar surface area (TPSA) is 12.0 Å². The van der Waals surface area contributed by atoms with Crippen LogP contribution in [0.2, 0.25) is 0 Å². The minimum atomic E-state index is -0.0478. The number of nitrogens with one attached hydrogen (secondary N) is 1. The van der Waals surface area contributed by atoms with E-state index in [1.54, 1.807) is 6.07 Å². The Morgan fingerprint density at radius 3 is 2.95 bits per heavy atom. The largest absolute Gasteiger partial charge is 0.307 e. The Morgan fingerprint density at radius 1 is 1.35 bits per heavy atom. The molecule has 1 aromatic heterocycles. The number of aryl methyl sites for hydroxylation is 1. The van der Waals surface area contributed by atoms with Gasteiger partial charge in [-0.1, -0.05) is 12.1 Å². The van der Waals surface area contributed by atoms with E-state index < -0.39 is 0 Å². The molecular weight excluding hydrogens is 269 g/mol. The van der Waals surface area contributed by atoms with Crippen molar-refractivity contribution < 1.29 is 4.39 Å². The molecule has 1 nitrogen and oxygen atoms in total. The average molecular weight is 289 g/mol. The van der Waals surface area contributed by atoms with Gasteiger partial charge in [0, 0.05) is 21.8 Å². The van der Waals surface area contributed by atoms with E-state index in [1.807, 2.05) is 17.4 Å². The van der Waals surface area contributed by atoms with Crippen molar-refractivity contribution in [1.82, 2.24) is 5.32 Å². The molecule has 2 unspecified atom stereocenters. The summed E-state index contributed by atoms with van der Waals surface area (Å²) >= 11 is 1.86. The van der Waals surface area contributed by atoms with Crippen molar-refractivity contribution in [3.63, 3.8) is 0 Å². The molecule has 0 bridgehead atoms. The van der Waals surface area contributed by atoms with Gasteiger partial charge in [-0.15, -0.1) is 11.3 Å². The summed E-state index contributed by atoms with van der Waals surface area (Å²) in [5.41, 5.74) is 2.06. The lowest BCUT2D eigenvalue weighted by Gasteiger charge is -2.20. The number of hydrogen-bond acceptors (Lipinski definition) is 2. The molecule has 1 aliphatic carbocycles. The van der Waals surface area contributed by atoms with E-state index in [2.05, 4.69) is 37.4 Å². The van der Waals surface area contributed by atoms with Gasteiger partial charge in [0.05, 0.1) is 0 Å². The predicted octanol–water partition coefficient (Wildman–Crippen LogP) is 4.40. The highest BCUT2D eigenvalue weighted by atomic mass is 32.1. The summed E-state index contributed by atoms with van der Waals surface area (Å²) in [6, 6.07) is 10.5. The second-order valence-electron chi connectivity index (χ2n) is 5.68. The quantitative estimate of drug-likeness (QED) is 0.879. The molecule has 0 fully saturated rings. The fourth-order valence-electron chi connectivity index (χ4n) is 3.08. The molecule has 3 rings (SSSR count). The molecule has 1 aliphatic rings. The maximum atomic E-state index is 13.7. The molecule has 2 atom stereocenters. The van der Waals surface area contributed by atoms with E-state index >= 15 is 0 Å². The van der Waals surface area contributed by atoms with Gasteiger partial charge in [-0.25, -0.2) is 4.39 Å². The van der Waals surface area contributed by atoms with Gasteiger partial charge < -0.3 is 5.32 Å². The Labute approximate surface area is 123 Å². The van der Waals surface area contributed by atoms with Crippen molar-refractivity contribution in [2.45, 2.75) is 45.2 Å². The van der Waals surface area contributed by atoms with E-state index in [1.165, 1.54) is 9.75 Å². The van der Waals surface area contributed by atoms with Crippen LogP contribution in [-0.4, -0.2) is 6.04 Å². The van der Waals surface area contributed by atoms with Gasteiger partial charge >= 0.3 is 0 Å². The van der Waals surface area contributed by atoms with Crippen LogP contribution in [-0.2, 0) is 12.8 Å². The first-order valence-electron chi connectivity index (χ1n) is 7.22. The maximum absolute atomic E-state index is 13.7. The molecule has 0 aliphatic heterocycles. The van der Waals surface area contributed by atoms with Crippen LogP contribution in [0.3, 0.4) is 0 Å². The number of benzene rings is 1. The van der Waals surface area contributed by atoms with Crippen LogP contribution < -0.4 is 5.32 Å². The fraction of sp³-hybridized carbons (Fsp3) is 0.412. The SMILES string of the molecule is Cc1ccc(CC(C)NC2CCc3c(F)cccc32)s1. The third kappa shape index (κ3) is 2.79. The Balaban J connectivity index is 1.66. The lowest BCUT2D eigenvalue weighted by molar-refractivity contribution is 0.453. The van der Waals surface area contributed by atoms with Gasteiger partial charge in [0.2, 0.25) is 0 Å². The van der Waals surface area contributed by atoms with Gasteiger partial charge in [0.25, 0.3) is 0 Å². The third-order valence-electron chi connectivity index (χ3n) is 4.00. The summed E-state index contributed by atoms with van der Waals surface area (Å²) in [6.07, 6.45) is 2.90. The molecule has 0 saturated heterocycles. The van der Waals surface area contributed by atoms with Crippen LogP contribution in [0.1, 0.15) is 40.3 Å². The zero-order valence-corrected chi connectivity index (χ0v) is 12.8.